The van der Waals surface area contributed by atoms with Crippen LogP contribution >= 0.6 is 11.6 Å². The van der Waals surface area contributed by atoms with Crippen LogP contribution in [-0.2, 0) is 4.79 Å². The van der Waals surface area contributed by atoms with Crippen LogP contribution in [0.15, 0.2) is 36.7 Å². The van der Waals surface area contributed by atoms with E-state index >= 15 is 0 Å². The minimum absolute atomic E-state index is 0.0483. The topological polar surface area (TPSA) is 55.3 Å². The summed E-state index contributed by atoms with van der Waals surface area (Å²) in [6.07, 6.45) is 4.87. The molecule has 3 rings (SSSR count). The monoisotopic (exact) mass is 349 g/mol. The zero-order valence-electron chi connectivity index (χ0n) is 13.0. The maximum Gasteiger partial charge on any atom is 0.260 e. The van der Waals surface area contributed by atoms with Crippen LogP contribution < -0.4 is 4.74 Å². The third-order valence-corrected chi connectivity index (χ3v) is 4.25. The first-order valence-electron chi connectivity index (χ1n) is 7.75. The molecule has 1 saturated heterocycles. The third-order valence-electron chi connectivity index (χ3n) is 4.07. The normalized spacial score (nSPS) is 15.3. The highest BCUT2D eigenvalue weighted by molar-refractivity contribution is 6.29. The maximum atomic E-state index is 12.8. The molecule has 0 bridgehead atoms. The Hall–Kier alpha value is -2.21. The van der Waals surface area contributed by atoms with Gasteiger partial charge in [0.05, 0.1) is 11.9 Å². The van der Waals surface area contributed by atoms with Gasteiger partial charge in [-0.1, -0.05) is 11.6 Å². The average Bonchev–Trinajstić information content (AvgIpc) is 2.61. The zero-order chi connectivity index (χ0) is 16.9. The molecule has 1 aliphatic heterocycles. The van der Waals surface area contributed by atoms with E-state index in [4.69, 9.17) is 16.3 Å². The van der Waals surface area contributed by atoms with E-state index in [1.807, 2.05) is 0 Å². The minimum Gasteiger partial charge on any atom is -0.484 e. The van der Waals surface area contributed by atoms with Gasteiger partial charge in [-0.3, -0.25) is 9.78 Å². The number of rotatable bonds is 4. The Bertz CT molecular complexity index is 703. The molecule has 0 saturated carbocycles. The van der Waals surface area contributed by atoms with E-state index in [9.17, 15) is 9.18 Å². The number of carbonyl (C=O) groups is 1. The summed E-state index contributed by atoms with van der Waals surface area (Å²) in [4.78, 5) is 22.3. The number of aromatic nitrogens is 2. The predicted molar refractivity (Wildman–Crippen MR) is 87.5 cm³/mol. The second-order valence-electron chi connectivity index (χ2n) is 5.66. The van der Waals surface area contributed by atoms with Crippen molar-refractivity contribution in [1.82, 2.24) is 14.9 Å². The fourth-order valence-corrected chi connectivity index (χ4v) is 2.90. The van der Waals surface area contributed by atoms with Gasteiger partial charge >= 0.3 is 0 Å². The van der Waals surface area contributed by atoms with Crippen LogP contribution in [0.25, 0.3) is 0 Å². The van der Waals surface area contributed by atoms with Gasteiger partial charge in [0, 0.05) is 25.2 Å². The summed E-state index contributed by atoms with van der Waals surface area (Å²) in [6, 6.07) is 5.62. The van der Waals surface area contributed by atoms with Crippen molar-refractivity contribution in [3.63, 3.8) is 0 Å². The highest BCUT2D eigenvalue weighted by atomic mass is 35.5. The molecular formula is C17H17ClFN3O2. The third kappa shape index (κ3) is 4.20. The van der Waals surface area contributed by atoms with Crippen molar-refractivity contribution in [3.8, 4) is 5.75 Å². The summed E-state index contributed by atoms with van der Waals surface area (Å²) >= 11 is 5.87. The molecule has 0 N–H and O–H groups in total. The summed E-state index contributed by atoms with van der Waals surface area (Å²) in [5, 5.41) is 0.388. The summed E-state index contributed by atoms with van der Waals surface area (Å²) in [5.41, 5.74) is 0.872. The van der Waals surface area contributed by atoms with Gasteiger partial charge in [-0.2, -0.15) is 0 Å². The van der Waals surface area contributed by atoms with Crippen molar-refractivity contribution in [2.45, 2.75) is 18.8 Å². The number of carbonyl (C=O) groups excluding carboxylic acids is 1. The van der Waals surface area contributed by atoms with Crippen molar-refractivity contribution in [3.05, 3.63) is 53.3 Å². The zero-order valence-corrected chi connectivity index (χ0v) is 13.7. The van der Waals surface area contributed by atoms with Gasteiger partial charge in [0.1, 0.15) is 16.7 Å². The van der Waals surface area contributed by atoms with Crippen LogP contribution in [-0.4, -0.2) is 40.5 Å². The number of ether oxygens (including phenoxy) is 1. The molecule has 1 aliphatic rings. The molecule has 5 nitrogen and oxygen atoms in total. The highest BCUT2D eigenvalue weighted by Crippen LogP contribution is 2.27. The molecule has 126 valence electrons. The minimum atomic E-state index is -0.333. The second kappa shape index (κ2) is 7.57. The Morgan fingerprint density at radius 2 is 1.96 bits per heavy atom. The fraction of sp³-hybridized carbons (Fsp3) is 0.353. The molecule has 0 aliphatic carbocycles. The number of nitrogens with zero attached hydrogens (tertiary/aromatic N) is 3. The van der Waals surface area contributed by atoms with Crippen LogP contribution in [0.5, 0.6) is 5.75 Å². The van der Waals surface area contributed by atoms with Crippen molar-refractivity contribution in [2.75, 3.05) is 19.7 Å². The lowest BCUT2D eigenvalue weighted by Gasteiger charge is -2.31. The van der Waals surface area contributed by atoms with E-state index in [0.29, 0.717) is 24.0 Å². The number of halogens is 2. The number of likely N-dealkylation sites (tertiary alicyclic amines) is 1. The van der Waals surface area contributed by atoms with Crippen LogP contribution in [0, 0.1) is 5.82 Å². The maximum absolute atomic E-state index is 12.8. The van der Waals surface area contributed by atoms with Gasteiger partial charge in [-0.15, -0.1) is 0 Å². The standard InChI is InChI=1S/C17H17ClFN3O2/c18-16-10-20-9-15(21-16)12-5-7-22(8-6-12)17(23)11-24-14-3-1-13(19)2-4-14/h1-4,9-10,12H,5-8,11H2. The summed E-state index contributed by atoms with van der Waals surface area (Å²) < 4.78 is 18.2. The molecule has 7 heteroatoms. The van der Waals surface area contributed by atoms with Crippen molar-refractivity contribution < 1.29 is 13.9 Å². The number of piperidine rings is 1. The molecule has 2 heterocycles. The summed E-state index contributed by atoms with van der Waals surface area (Å²) in [6.45, 7) is 1.24. The van der Waals surface area contributed by atoms with E-state index in [0.717, 1.165) is 18.5 Å². The van der Waals surface area contributed by atoms with Crippen molar-refractivity contribution >= 4 is 17.5 Å². The first kappa shape index (κ1) is 16.6. The smallest absolute Gasteiger partial charge is 0.260 e. The summed E-state index contributed by atoms with van der Waals surface area (Å²) in [7, 11) is 0. The molecule has 1 fully saturated rings. The van der Waals surface area contributed by atoms with E-state index in [1.165, 1.54) is 30.5 Å². The average molecular weight is 350 g/mol. The van der Waals surface area contributed by atoms with E-state index in [-0.39, 0.29) is 24.2 Å². The molecule has 1 amide bonds. The lowest BCUT2D eigenvalue weighted by molar-refractivity contribution is -0.134. The molecular weight excluding hydrogens is 333 g/mol. The van der Waals surface area contributed by atoms with Crippen LogP contribution in [0.3, 0.4) is 0 Å². The number of hydrogen-bond acceptors (Lipinski definition) is 4. The second-order valence-corrected chi connectivity index (χ2v) is 6.05. The van der Waals surface area contributed by atoms with Crippen LogP contribution in [0.1, 0.15) is 24.5 Å². The Kier molecular flexibility index (Phi) is 5.25. The molecule has 24 heavy (non-hydrogen) atoms. The van der Waals surface area contributed by atoms with Crippen LogP contribution in [0.2, 0.25) is 5.15 Å². The van der Waals surface area contributed by atoms with E-state index < -0.39 is 0 Å². The van der Waals surface area contributed by atoms with Gasteiger partial charge in [0.2, 0.25) is 0 Å². The Morgan fingerprint density at radius 3 is 2.62 bits per heavy atom. The Balaban J connectivity index is 1.49. The van der Waals surface area contributed by atoms with Crippen molar-refractivity contribution in [2.24, 2.45) is 0 Å². The lowest BCUT2D eigenvalue weighted by Crippen LogP contribution is -2.40. The number of hydrogen-bond donors (Lipinski definition) is 0. The van der Waals surface area contributed by atoms with Gasteiger partial charge in [-0.25, -0.2) is 9.37 Å². The highest BCUT2D eigenvalue weighted by Gasteiger charge is 2.25. The lowest BCUT2D eigenvalue weighted by atomic mass is 9.94. The summed E-state index contributed by atoms with van der Waals surface area (Å²) in [5.74, 6) is 0.335. The van der Waals surface area contributed by atoms with Crippen LogP contribution in [0.4, 0.5) is 4.39 Å². The van der Waals surface area contributed by atoms with Gasteiger partial charge < -0.3 is 9.64 Å². The molecule has 0 radical (unpaired) electrons. The van der Waals surface area contributed by atoms with Gasteiger partial charge in [0.25, 0.3) is 5.91 Å². The van der Waals surface area contributed by atoms with Gasteiger partial charge in [0.15, 0.2) is 6.61 Å². The van der Waals surface area contributed by atoms with E-state index in [1.54, 1.807) is 11.1 Å². The molecule has 1 aromatic carbocycles. The first-order chi connectivity index (χ1) is 11.6. The molecule has 0 unspecified atom stereocenters. The largest absolute Gasteiger partial charge is 0.484 e. The molecule has 2 aromatic rings. The van der Waals surface area contributed by atoms with E-state index in [2.05, 4.69) is 9.97 Å². The first-order valence-corrected chi connectivity index (χ1v) is 8.13. The Labute approximate surface area is 144 Å². The molecule has 0 atom stereocenters. The SMILES string of the molecule is O=C(COc1ccc(F)cc1)N1CCC(c2cncc(Cl)n2)CC1. The molecule has 1 aromatic heterocycles. The van der Waals surface area contributed by atoms with Crippen molar-refractivity contribution in [1.29, 1.82) is 0 Å². The van der Waals surface area contributed by atoms with Gasteiger partial charge in [-0.05, 0) is 37.1 Å². The number of benzene rings is 1. The quantitative estimate of drug-likeness (QED) is 0.851. The predicted octanol–water partition coefficient (Wildman–Crippen LogP) is 3.05. The molecule has 0 spiro atoms. The number of amides is 1. The fourth-order valence-electron chi connectivity index (χ4n) is 2.74. The Morgan fingerprint density at radius 1 is 1.25 bits per heavy atom.